The van der Waals surface area contributed by atoms with Gasteiger partial charge in [-0.05, 0) is 23.1 Å². The fourth-order valence-corrected chi connectivity index (χ4v) is 2.46. The molecular weight excluding hydrogens is 310 g/mol. The molecule has 0 bridgehead atoms. The molecule has 6 nitrogen and oxygen atoms in total. The third-order valence-electron chi connectivity index (χ3n) is 3.59. The Bertz CT molecular complexity index is 606. The Labute approximate surface area is 142 Å². The van der Waals surface area contributed by atoms with Crippen LogP contribution < -0.4 is 10.1 Å². The van der Waals surface area contributed by atoms with Crippen molar-refractivity contribution in [3.05, 3.63) is 29.3 Å². The summed E-state index contributed by atoms with van der Waals surface area (Å²) in [7, 11) is 1.35. The zero-order valence-corrected chi connectivity index (χ0v) is 14.7. The molecule has 1 heterocycles. The Kier molecular flexibility index (Phi) is 5.83. The van der Waals surface area contributed by atoms with Gasteiger partial charge < -0.3 is 19.5 Å². The molecule has 24 heavy (non-hydrogen) atoms. The zero-order chi connectivity index (χ0) is 17.7. The molecule has 1 aliphatic rings. The van der Waals surface area contributed by atoms with Gasteiger partial charge in [0.15, 0.2) is 6.10 Å². The summed E-state index contributed by atoms with van der Waals surface area (Å²) in [5.74, 6) is 0.201. The number of carbonyl (C=O) groups excluding carboxylic acids is 2. The molecule has 0 aromatic heterocycles. The molecule has 1 atom stereocenters. The lowest BCUT2D eigenvalue weighted by Crippen LogP contribution is -2.23. The van der Waals surface area contributed by atoms with Gasteiger partial charge in [0.25, 0.3) is 0 Å². The lowest BCUT2D eigenvalue weighted by molar-refractivity contribution is -0.152. The van der Waals surface area contributed by atoms with Crippen LogP contribution in [-0.2, 0) is 25.6 Å². The minimum absolute atomic E-state index is 0.112. The maximum atomic E-state index is 12.0. The highest BCUT2D eigenvalue weighted by Gasteiger charge is 2.29. The van der Waals surface area contributed by atoms with E-state index in [4.69, 9.17) is 9.47 Å². The van der Waals surface area contributed by atoms with Crippen molar-refractivity contribution in [2.24, 2.45) is 5.41 Å². The summed E-state index contributed by atoms with van der Waals surface area (Å²) < 4.78 is 15.7. The van der Waals surface area contributed by atoms with Gasteiger partial charge in [0.1, 0.15) is 12.4 Å². The Hall–Kier alpha value is -2.08. The van der Waals surface area contributed by atoms with Crippen LogP contribution in [0.15, 0.2) is 18.2 Å². The van der Waals surface area contributed by atoms with Crippen molar-refractivity contribution in [2.45, 2.75) is 39.8 Å². The van der Waals surface area contributed by atoms with Gasteiger partial charge in [-0.25, -0.2) is 0 Å². The van der Waals surface area contributed by atoms with E-state index in [1.54, 1.807) is 0 Å². The lowest BCUT2D eigenvalue weighted by atomic mass is 9.92. The van der Waals surface area contributed by atoms with E-state index >= 15 is 0 Å². The predicted octanol–water partition coefficient (Wildman–Crippen LogP) is 2.36. The summed E-state index contributed by atoms with van der Waals surface area (Å²) >= 11 is 0. The highest BCUT2D eigenvalue weighted by Crippen LogP contribution is 2.36. The number of hydrogen-bond donors (Lipinski definition) is 1. The van der Waals surface area contributed by atoms with Gasteiger partial charge >= 0.3 is 11.9 Å². The summed E-state index contributed by atoms with van der Waals surface area (Å²) in [6.07, 6.45) is -0.0189. The van der Waals surface area contributed by atoms with Crippen molar-refractivity contribution in [3.63, 3.8) is 0 Å². The highest BCUT2D eigenvalue weighted by atomic mass is 16.6. The first-order valence-electron chi connectivity index (χ1n) is 8.01. The molecule has 0 spiro atoms. The van der Waals surface area contributed by atoms with E-state index in [0.29, 0.717) is 19.6 Å². The summed E-state index contributed by atoms with van der Waals surface area (Å²) in [4.78, 5) is 23.2. The molecule has 0 amide bonds. The summed E-state index contributed by atoms with van der Waals surface area (Å²) in [5.41, 5.74) is 1.74. The van der Waals surface area contributed by atoms with Gasteiger partial charge in [-0.2, -0.15) is 0 Å². The quantitative estimate of drug-likeness (QED) is 0.805. The SMILES string of the molecule is COC(=O)CNCc1ccc2c(c1)C(OC(=O)CC(C)(C)C)CO2. The van der Waals surface area contributed by atoms with Crippen LogP contribution in [0.5, 0.6) is 5.75 Å². The summed E-state index contributed by atoms with van der Waals surface area (Å²) in [5, 5.41) is 3.01. The number of benzene rings is 1. The first kappa shape index (κ1) is 18.3. The first-order chi connectivity index (χ1) is 11.3. The maximum absolute atomic E-state index is 12.0. The molecule has 0 radical (unpaired) electrons. The van der Waals surface area contributed by atoms with E-state index in [2.05, 4.69) is 10.1 Å². The van der Waals surface area contributed by atoms with E-state index in [1.165, 1.54) is 7.11 Å². The highest BCUT2D eigenvalue weighted by molar-refractivity contribution is 5.71. The number of ether oxygens (including phenoxy) is 3. The van der Waals surface area contributed by atoms with Crippen molar-refractivity contribution < 1.29 is 23.8 Å². The van der Waals surface area contributed by atoms with Gasteiger partial charge in [-0.1, -0.05) is 26.8 Å². The van der Waals surface area contributed by atoms with Crippen molar-refractivity contribution in [1.82, 2.24) is 5.32 Å². The van der Waals surface area contributed by atoms with Crippen molar-refractivity contribution in [2.75, 3.05) is 20.3 Å². The third kappa shape index (κ3) is 5.23. The van der Waals surface area contributed by atoms with Crippen molar-refractivity contribution >= 4 is 11.9 Å². The molecule has 6 heteroatoms. The lowest BCUT2D eigenvalue weighted by Gasteiger charge is -2.19. The van der Waals surface area contributed by atoms with Crippen LogP contribution in [0.3, 0.4) is 0 Å². The van der Waals surface area contributed by atoms with Crippen LogP contribution >= 0.6 is 0 Å². The Morgan fingerprint density at radius 2 is 2.04 bits per heavy atom. The number of esters is 2. The second-order valence-electron chi connectivity index (χ2n) is 7.08. The number of nitrogens with one attached hydrogen (secondary N) is 1. The molecular formula is C18H25NO5. The molecule has 132 valence electrons. The molecule has 1 aromatic carbocycles. The molecule has 0 fully saturated rings. The minimum atomic E-state index is -0.379. The first-order valence-corrected chi connectivity index (χ1v) is 8.01. The Morgan fingerprint density at radius 1 is 1.29 bits per heavy atom. The van der Waals surface area contributed by atoms with E-state index in [0.717, 1.165) is 16.9 Å². The van der Waals surface area contributed by atoms with Crippen LogP contribution in [-0.4, -0.2) is 32.2 Å². The largest absolute Gasteiger partial charge is 0.489 e. The number of rotatable bonds is 6. The van der Waals surface area contributed by atoms with Gasteiger partial charge in [0, 0.05) is 12.1 Å². The average Bonchev–Trinajstić information content (AvgIpc) is 2.87. The van der Waals surface area contributed by atoms with Gasteiger partial charge in [-0.15, -0.1) is 0 Å². The van der Waals surface area contributed by atoms with E-state index < -0.39 is 0 Å². The van der Waals surface area contributed by atoms with Crippen molar-refractivity contribution in [3.8, 4) is 5.75 Å². The summed E-state index contributed by atoms with van der Waals surface area (Å²) in [6, 6.07) is 5.73. The van der Waals surface area contributed by atoms with Crippen LogP contribution in [0, 0.1) is 5.41 Å². The van der Waals surface area contributed by atoms with E-state index in [-0.39, 0.29) is 30.0 Å². The number of carbonyl (C=O) groups is 2. The zero-order valence-electron chi connectivity index (χ0n) is 14.7. The predicted molar refractivity (Wildman–Crippen MR) is 88.6 cm³/mol. The standard InChI is InChI=1S/C18H25NO5/c1-18(2,3)8-16(20)24-15-11-23-14-6-5-12(7-13(14)15)9-19-10-17(21)22-4/h5-7,15,19H,8-11H2,1-4H3. The maximum Gasteiger partial charge on any atom is 0.319 e. The molecule has 1 aliphatic heterocycles. The Morgan fingerprint density at radius 3 is 2.71 bits per heavy atom. The van der Waals surface area contributed by atoms with Crippen LogP contribution in [0.1, 0.15) is 44.4 Å². The second kappa shape index (κ2) is 7.66. The minimum Gasteiger partial charge on any atom is -0.489 e. The van der Waals surface area contributed by atoms with Gasteiger partial charge in [0.2, 0.25) is 0 Å². The molecule has 0 saturated carbocycles. The molecule has 0 aliphatic carbocycles. The normalized spacial score (nSPS) is 16.2. The van der Waals surface area contributed by atoms with Crippen LogP contribution in [0.2, 0.25) is 0 Å². The molecule has 1 unspecified atom stereocenters. The number of methoxy groups -OCH3 is 1. The fourth-order valence-electron chi connectivity index (χ4n) is 2.46. The van der Waals surface area contributed by atoms with Gasteiger partial charge in [0.05, 0.1) is 20.1 Å². The number of fused-ring (bicyclic) bond motifs is 1. The van der Waals surface area contributed by atoms with E-state index in [1.807, 2.05) is 39.0 Å². The topological polar surface area (TPSA) is 73.9 Å². The molecule has 1 aromatic rings. The second-order valence-corrected chi connectivity index (χ2v) is 7.08. The monoisotopic (exact) mass is 335 g/mol. The van der Waals surface area contributed by atoms with E-state index in [9.17, 15) is 9.59 Å². The smallest absolute Gasteiger partial charge is 0.319 e. The summed E-state index contributed by atoms with van der Waals surface area (Å²) in [6.45, 7) is 7.00. The molecule has 0 saturated heterocycles. The van der Waals surface area contributed by atoms with Crippen LogP contribution in [0.25, 0.3) is 0 Å². The molecule has 1 N–H and O–H groups in total. The fraction of sp³-hybridized carbons (Fsp3) is 0.556. The Balaban J connectivity index is 1.97. The van der Waals surface area contributed by atoms with Crippen molar-refractivity contribution in [1.29, 1.82) is 0 Å². The number of hydrogen-bond acceptors (Lipinski definition) is 6. The van der Waals surface area contributed by atoms with Gasteiger partial charge in [-0.3, -0.25) is 9.59 Å². The van der Waals surface area contributed by atoms with Crippen LogP contribution in [0.4, 0.5) is 0 Å². The molecule has 2 rings (SSSR count). The average molecular weight is 335 g/mol. The third-order valence-corrected chi connectivity index (χ3v) is 3.59.